The van der Waals surface area contributed by atoms with Gasteiger partial charge in [0.05, 0.1) is 23.5 Å². The standard InChI is InChI=1S/C30H37N5O2/c1-5-7-8-27-28(32-20-30(3,4)37)34-25(21-15-17-31-18-16-21)19-35(27)26(6-2)22-9-11-23(12-10-22)29(36)33-24-13-14-24/h6,8-12,15-19,24,37H,5,7,13-14,20H2,1-4H3,(H,32,34)(H,33,36)/b26-6-,27-8+. The van der Waals surface area contributed by atoms with Crippen LogP contribution in [0.5, 0.6) is 0 Å². The zero-order valence-corrected chi connectivity index (χ0v) is 22.2. The van der Waals surface area contributed by atoms with E-state index in [1.54, 1.807) is 26.2 Å². The quantitative estimate of drug-likeness (QED) is 0.447. The van der Waals surface area contributed by atoms with Crippen LogP contribution in [0, 0.1) is 0 Å². The highest BCUT2D eigenvalue weighted by molar-refractivity contribution is 6.06. The lowest BCUT2D eigenvalue weighted by Crippen LogP contribution is -2.38. The number of unbranched alkanes of at least 4 members (excludes halogenated alkanes) is 1. The molecule has 1 aliphatic carbocycles. The second-order valence-electron chi connectivity index (χ2n) is 10.1. The molecule has 1 aromatic heterocycles. The van der Waals surface area contributed by atoms with E-state index in [1.165, 1.54) is 0 Å². The number of carbonyl (C=O) groups excluding carboxylic acids is 1. The Morgan fingerprint density at radius 3 is 2.46 bits per heavy atom. The van der Waals surface area contributed by atoms with Gasteiger partial charge in [0.15, 0.2) is 0 Å². The highest BCUT2D eigenvalue weighted by Gasteiger charge is 2.27. The van der Waals surface area contributed by atoms with Crippen LogP contribution >= 0.6 is 0 Å². The molecule has 194 valence electrons. The minimum Gasteiger partial charge on any atom is -0.389 e. The Kier molecular flexibility index (Phi) is 8.24. The Morgan fingerprint density at radius 2 is 1.86 bits per heavy atom. The zero-order chi connectivity index (χ0) is 26.4. The number of carbonyl (C=O) groups is 1. The molecule has 7 nitrogen and oxygen atoms in total. The van der Waals surface area contributed by atoms with E-state index in [2.05, 4.69) is 45.8 Å². The van der Waals surface area contributed by atoms with Gasteiger partial charge in [0.2, 0.25) is 0 Å². The van der Waals surface area contributed by atoms with Crippen LogP contribution in [0.1, 0.15) is 74.9 Å². The summed E-state index contributed by atoms with van der Waals surface area (Å²) in [4.78, 5) is 23.6. The number of benzene rings is 1. The number of rotatable bonds is 9. The van der Waals surface area contributed by atoms with Gasteiger partial charge in [-0.25, -0.2) is 0 Å². The van der Waals surface area contributed by atoms with Gasteiger partial charge in [0, 0.05) is 41.5 Å². The first-order valence-corrected chi connectivity index (χ1v) is 13.0. The van der Waals surface area contributed by atoms with E-state index < -0.39 is 5.60 Å². The average molecular weight is 500 g/mol. The maximum absolute atomic E-state index is 12.5. The van der Waals surface area contributed by atoms with Crippen LogP contribution in [0.2, 0.25) is 0 Å². The highest BCUT2D eigenvalue weighted by Crippen LogP contribution is 2.31. The van der Waals surface area contributed by atoms with Crippen molar-refractivity contribution in [3.63, 3.8) is 0 Å². The second-order valence-corrected chi connectivity index (χ2v) is 10.1. The molecule has 2 aromatic rings. The van der Waals surface area contributed by atoms with Crippen LogP contribution in [-0.4, -0.2) is 44.9 Å². The van der Waals surface area contributed by atoms with E-state index in [-0.39, 0.29) is 12.5 Å². The molecular formula is C30H37N5O2. The number of aliphatic imine (C=N–C) groups is 1. The number of pyridine rings is 1. The van der Waals surface area contributed by atoms with E-state index >= 15 is 0 Å². The summed E-state index contributed by atoms with van der Waals surface area (Å²) in [5.74, 6) is 0.673. The van der Waals surface area contributed by atoms with Crippen molar-refractivity contribution in [2.75, 3.05) is 6.54 Å². The van der Waals surface area contributed by atoms with Gasteiger partial charge in [-0.05, 0) is 69.9 Å². The van der Waals surface area contributed by atoms with Gasteiger partial charge >= 0.3 is 0 Å². The largest absolute Gasteiger partial charge is 0.389 e. The SMILES string of the molecule is C/C=C(/c1ccc(C(=O)NC2CC2)cc1)N1C=C(c2ccncc2)NC(=NCC(C)(C)O)/C1=C\CCC. The van der Waals surface area contributed by atoms with Crippen molar-refractivity contribution >= 4 is 23.1 Å². The Morgan fingerprint density at radius 1 is 1.19 bits per heavy atom. The zero-order valence-electron chi connectivity index (χ0n) is 22.2. The van der Waals surface area contributed by atoms with Crippen molar-refractivity contribution < 1.29 is 9.90 Å². The third-order valence-corrected chi connectivity index (χ3v) is 6.14. The first kappa shape index (κ1) is 26.4. The van der Waals surface area contributed by atoms with Crippen molar-refractivity contribution in [3.8, 4) is 0 Å². The van der Waals surface area contributed by atoms with Crippen LogP contribution in [0.15, 0.2) is 77.8 Å². The fourth-order valence-electron chi connectivity index (χ4n) is 4.02. The van der Waals surface area contributed by atoms with Gasteiger partial charge in [-0.15, -0.1) is 0 Å². The molecule has 0 spiro atoms. The minimum atomic E-state index is -0.937. The normalized spacial score (nSPS) is 18.6. The lowest BCUT2D eigenvalue weighted by Gasteiger charge is -2.34. The molecule has 1 saturated carbocycles. The van der Waals surface area contributed by atoms with E-state index in [9.17, 15) is 9.90 Å². The number of aromatic nitrogens is 1. The van der Waals surface area contributed by atoms with Crippen LogP contribution in [-0.2, 0) is 0 Å². The molecule has 1 amide bonds. The number of amides is 1. The van der Waals surface area contributed by atoms with Crippen molar-refractivity contribution in [3.05, 3.63) is 89.5 Å². The minimum absolute atomic E-state index is 0.0253. The average Bonchev–Trinajstić information content (AvgIpc) is 3.71. The predicted octanol–water partition coefficient (Wildman–Crippen LogP) is 5.09. The van der Waals surface area contributed by atoms with Crippen LogP contribution < -0.4 is 10.6 Å². The summed E-state index contributed by atoms with van der Waals surface area (Å²) in [6.07, 6.45) is 13.8. The number of amidine groups is 1. The van der Waals surface area contributed by atoms with Gasteiger partial charge in [-0.3, -0.25) is 14.8 Å². The third kappa shape index (κ3) is 6.95. The molecule has 7 heteroatoms. The molecule has 0 atom stereocenters. The van der Waals surface area contributed by atoms with E-state index in [4.69, 9.17) is 4.99 Å². The monoisotopic (exact) mass is 499 g/mol. The molecule has 0 saturated heterocycles. The Bertz CT molecular complexity index is 1220. The maximum Gasteiger partial charge on any atom is 0.251 e. The summed E-state index contributed by atoms with van der Waals surface area (Å²) in [5, 5.41) is 16.9. The van der Waals surface area contributed by atoms with Gasteiger partial charge in [-0.1, -0.05) is 37.6 Å². The highest BCUT2D eigenvalue weighted by atomic mass is 16.3. The third-order valence-electron chi connectivity index (χ3n) is 6.14. The number of hydrogen-bond donors (Lipinski definition) is 3. The van der Waals surface area contributed by atoms with Crippen LogP contribution in [0.4, 0.5) is 0 Å². The van der Waals surface area contributed by atoms with Crippen molar-refractivity contribution in [1.82, 2.24) is 20.5 Å². The molecule has 4 rings (SSSR count). The molecular weight excluding hydrogens is 462 g/mol. The number of nitrogens with zero attached hydrogens (tertiary/aromatic N) is 3. The number of allylic oxidation sites excluding steroid dienone is 2. The molecule has 2 heterocycles. The topological polar surface area (TPSA) is 89.9 Å². The van der Waals surface area contributed by atoms with Crippen LogP contribution in [0.25, 0.3) is 11.4 Å². The fourth-order valence-corrected chi connectivity index (χ4v) is 4.02. The summed E-state index contributed by atoms with van der Waals surface area (Å²) in [6.45, 7) is 7.92. The smallest absolute Gasteiger partial charge is 0.251 e. The number of aliphatic hydroxyl groups is 1. The molecule has 0 radical (unpaired) electrons. The van der Waals surface area contributed by atoms with E-state index in [0.29, 0.717) is 17.4 Å². The summed E-state index contributed by atoms with van der Waals surface area (Å²) in [6, 6.07) is 12.0. The second kappa shape index (κ2) is 11.6. The lowest BCUT2D eigenvalue weighted by molar-refractivity contribution is 0.0902. The Hall–Kier alpha value is -3.71. The van der Waals surface area contributed by atoms with Gasteiger partial charge in [0.25, 0.3) is 5.91 Å². The first-order valence-electron chi connectivity index (χ1n) is 13.0. The van der Waals surface area contributed by atoms with Crippen molar-refractivity contribution in [2.45, 2.75) is 65.0 Å². The molecule has 1 aromatic carbocycles. The van der Waals surface area contributed by atoms with Crippen molar-refractivity contribution in [1.29, 1.82) is 0 Å². The fraction of sp³-hybridized carbons (Fsp3) is 0.367. The Labute approximate surface area is 219 Å². The molecule has 3 N–H and O–H groups in total. The van der Waals surface area contributed by atoms with Crippen LogP contribution in [0.3, 0.4) is 0 Å². The molecule has 1 fully saturated rings. The number of nitrogens with one attached hydrogen (secondary N) is 2. The van der Waals surface area contributed by atoms with Gasteiger partial charge in [-0.2, -0.15) is 0 Å². The van der Waals surface area contributed by atoms with Gasteiger partial charge in [0.1, 0.15) is 5.84 Å². The first-order chi connectivity index (χ1) is 17.8. The lowest BCUT2D eigenvalue weighted by atomic mass is 10.0. The summed E-state index contributed by atoms with van der Waals surface area (Å²) in [5.41, 5.74) is 4.47. The van der Waals surface area contributed by atoms with E-state index in [1.807, 2.05) is 43.3 Å². The molecule has 0 unspecified atom stereocenters. The van der Waals surface area contributed by atoms with E-state index in [0.717, 1.165) is 53.9 Å². The maximum atomic E-state index is 12.5. The number of hydrogen-bond acceptors (Lipinski definition) is 5. The molecule has 2 aliphatic rings. The summed E-state index contributed by atoms with van der Waals surface area (Å²) < 4.78 is 0. The Balaban J connectivity index is 1.75. The molecule has 1 aliphatic heterocycles. The molecule has 0 bridgehead atoms. The summed E-state index contributed by atoms with van der Waals surface area (Å²) in [7, 11) is 0. The molecule has 37 heavy (non-hydrogen) atoms. The predicted molar refractivity (Wildman–Crippen MR) is 149 cm³/mol. The van der Waals surface area contributed by atoms with Crippen molar-refractivity contribution in [2.24, 2.45) is 4.99 Å². The summed E-state index contributed by atoms with van der Waals surface area (Å²) >= 11 is 0. The van der Waals surface area contributed by atoms with Gasteiger partial charge < -0.3 is 20.6 Å².